The molecule has 9 heteroatoms. The van der Waals surface area contributed by atoms with E-state index in [4.69, 9.17) is 14.1 Å². The van der Waals surface area contributed by atoms with Gasteiger partial charge in [-0.3, -0.25) is 9.69 Å². The van der Waals surface area contributed by atoms with Crippen molar-refractivity contribution in [3.8, 4) is 16.9 Å². The van der Waals surface area contributed by atoms with E-state index in [9.17, 15) is 0 Å². The molecule has 0 bridgehead atoms. The first-order valence-electron chi connectivity index (χ1n) is 13.7. The van der Waals surface area contributed by atoms with Gasteiger partial charge in [0.05, 0.1) is 10.2 Å². The standard InChI is InChI=1S/C30H34N4O2S.CH3NO/c1-30(2,3)27-19-28(32-36-27)31-23-9-7-21(8-10-23)22-17-29-34(20-22)25-12-11-24(18-26(25)37-29)35-16-15-33-13-5-4-6-14-33;2-1-3/h7-12,17-20H,4-6,13-16H2,1-3H3,(H,31,32);1H,(H2,2,3). The van der Waals surface area contributed by atoms with Crippen LogP contribution in [0.5, 0.6) is 5.75 Å². The summed E-state index contributed by atoms with van der Waals surface area (Å²) in [5.41, 5.74) is 8.69. The van der Waals surface area contributed by atoms with Crippen LogP contribution in [-0.2, 0) is 10.2 Å². The Morgan fingerprint density at radius 2 is 1.80 bits per heavy atom. The van der Waals surface area contributed by atoms with E-state index in [1.165, 1.54) is 58.5 Å². The Labute approximate surface area is 238 Å². The quantitative estimate of drug-likeness (QED) is 0.213. The zero-order valence-electron chi connectivity index (χ0n) is 23.4. The van der Waals surface area contributed by atoms with E-state index in [1.54, 1.807) is 11.3 Å². The van der Waals surface area contributed by atoms with Gasteiger partial charge in [-0.15, -0.1) is 11.3 Å². The average Bonchev–Trinajstić information content (AvgIpc) is 3.65. The molecule has 1 amide bonds. The average molecular weight is 560 g/mol. The Balaban J connectivity index is 0.00000103. The van der Waals surface area contributed by atoms with Gasteiger partial charge < -0.3 is 24.7 Å². The van der Waals surface area contributed by atoms with Gasteiger partial charge in [-0.25, -0.2) is 0 Å². The number of amides is 1. The number of nitrogens with two attached hydrogens (primary N) is 1. The summed E-state index contributed by atoms with van der Waals surface area (Å²) >= 11 is 1.80. The van der Waals surface area contributed by atoms with Crippen molar-refractivity contribution in [1.29, 1.82) is 0 Å². The van der Waals surface area contributed by atoms with Crippen molar-refractivity contribution in [2.45, 2.75) is 45.4 Å². The number of nitrogens with zero attached hydrogens (tertiary/aromatic N) is 3. The second-order valence-corrected chi connectivity index (χ2v) is 12.1. The topological polar surface area (TPSA) is 98.0 Å². The number of hydrogen-bond acceptors (Lipinski definition) is 7. The van der Waals surface area contributed by atoms with Gasteiger partial charge in [0, 0.05) is 35.5 Å². The van der Waals surface area contributed by atoms with Crippen LogP contribution in [0.15, 0.2) is 65.3 Å². The van der Waals surface area contributed by atoms with Crippen molar-refractivity contribution in [3.63, 3.8) is 0 Å². The lowest BCUT2D eigenvalue weighted by Gasteiger charge is -2.26. The molecule has 0 radical (unpaired) electrons. The number of nitrogens with one attached hydrogen (secondary N) is 1. The lowest BCUT2D eigenvalue weighted by Crippen LogP contribution is -2.33. The number of hydrogen-bond donors (Lipinski definition) is 2. The molecule has 3 N–H and O–H groups in total. The summed E-state index contributed by atoms with van der Waals surface area (Å²) in [6.45, 7) is 10.5. The molecule has 6 rings (SSSR count). The summed E-state index contributed by atoms with van der Waals surface area (Å²) in [6, 6.07) is 19.1. The van der Waals surface area contributed by atoms with Crippen LogP contribution in [0.4, 0.5) is 11.5 Å². The number of aromatic nitrogens is 2. The summed E-state index contributed by atoms with van der Waals surface area (Å²) in [4.78, 5) is 12.3. The van der Waals surface area contributed by atoms with Crippen LogP contribution < -0.4 is 15.8 Å². The summed E-state index contributed by atoms with van der Waals surface area (Å²) < 4.78 is 15.1. The lowest BCUT2D eigenvalue weighted by atomic mass is 9.93. The summed E-state index contributed by atoms with van der Waals surface area (Å²) in [7, 11) is 0. The number of thiazole rings is 1. The monoisotopic (exact) mass is 559 g/mol. The van der Waals surface area contributed by atoms with Crippen LogP contribution >= 0.6 is 11.3 Å². The maximum Gasteiger partial charge on any atom is 0.204 e. The van der Waals surface area contributed by atoms with E-state index >= 15 is 0 Å². The number of fused-ring (bicyclic) bond motifs is 3. The largest absolute Gasteiger partial charge is 0.492 e. The van der Waals surface area contributed by atoms with E-state index in [0.717, 1.165) is 36.2 Å². The maximum absolute atomic E-state index is 8.58. The molecule has 1 saturated heterocycles. The molecule has 1 aliphatic rings. The Kier molecular flexibility index (Phi) is 8.42. The molecule has 0 atom stereocenters. The van der Waals surface area contributed by atoms with Gasteiger partial charge in [-0.1, -0.05) is 44.5 Å². The van der Waals surface area contributed by atoms with Gasteiger partial charge >= 0.3 is 0 Å². The van der Waals surface area contributed by atoms with Crippen molar-refractivity contribution < 1.29 is 14.1 Å². The summed E-state index contributed by atoms with van der Waals surface area (Å²) in [5, 5.41) is 7.49. The van der Waals surface area contributed by atoms with E-state index in [1.807, 2.05) is 6.07 Å². The molecular weight excluding hydrogens is 522 g/mol. The SMILES string of the molecule is CC(C)(C)c1cc(Nc2ccc(-c3cc4sc5cc(OCCN6CCCCC6)ccc5n4c3)cc2)no1.NC=O. The number of benzene rings is 2. The normalized spacial score (nSPS) is 14.2. The third kappa shape index (κ3) is 6.48. The number of anilines is 2. The highest BCUT2D eigenvalue weighted by Gasteiger charge is 2.19. The fourth-order valence-corrected chi connectivity index (χ4v) is 6.01. The highest BCUT2D eigenvalue weighted by atomic mass is 32.1. The number of primary amides is 1. The number of likely N-dealkylation sites (tertiary alicyclic amines) is 1. The van der Waals surface area contributed by atoms with Gasteiger partial charge in [0.2, 0.25) is 6.41 Å². The zero-order valence-corrected chi connectivity index (χ0v) is 24.2. The van der Waals surface area contributed by atoms with Crippen LogP contribution in [0.3, 0.4) is 0 Å². The first-order valence-corrected chi connectivity index (χ1v) is 14.6. The second-order valence-electron chi connectivity index (χ2n) is 11.1. The zero-order chi connectivity index (χ0) is 28.1. The maximum atomic E-state index is 8.58. The fraction of sp³-hybridized carbons (Fsp3) is 0.355. The predicted molar refractivity (Wildman–Crippen MR) is 163 cm³/mol. The predicted octanol–water partition coefficient (Wildman–Crippen LogP) is 6.82. The highest BCUT2D eigenvalue weighted by molar-refractivity contribution is 7.24. The smallest absolute Gasteiger partial charge is 0.204 e. The molecule has 210 valence electrons. The number of carbonyl (C=O) groups is 1. The molecule has 0 unspecified atom stereocenters. The number of ether oxygens (including phenoxy) is 1. The lowest BCUT2D eigenvalue weighted by molar-refractivity contribution is -0.106. The molecule has 1 fully saturated rings. The number of carbonyl (C=O) groups excluding carboxylic acids is 1. The third-order valence-electron chi connectivity index (χ3n) is 7.05. The minimum atomic E-state index is -0.0648. The fourth-order valence-electron chi connectivity index (χ4n) is 4.90. The van der Waals surface area contributed by atoms with Crippen molar-refractivity contribution in [2.24, 2.45) is 5.73 Å². The molecule has 1 aliphatic heterocycles. The van der Waals surface area contributed by atoms with E-state index in [0.29, 0.717) is 0 Å². The molecular formula is C31H37N5O3S. The number of rotatable bonds is 7. The van der Waals surface area contributed by atoms with Crippen molar-refractivity contribution in [3.05, 3.63) is 66.6 Å². The Bertz CT molecular complexity index is 1560. The summed E-state index contributed by atoms with van der Waals surface area (Å²) in [6.07, 6.45) is 6.48. The molecule has 0 saturated carbocycles. The van der Waals surface area contributed by atoms with Crippen LogP contribution in [0.25, 0.3) is 26.2 Å². The first-order chi connectivity index (χ1) is 19.3. The highest BCUT2D eigenvalue weighted by Crippen LogP contribution is 2.34. The molecule has 0 aliphatic carbocycles. The molecule has 40 heavy (non-hydrogen) atoms. The molecule has 2 aromatic carbocycles. The number of piperidine rings is 1. The van der Waals surface area contributed by atoms with E-state index in [-0.39, 0.29) is 11.8 Å². The van der Waals surface area contributed by atoms with Crippen LogP contribution in [0.1, 0.15) is 45.8 Å². The molecule has 8 nitrogen and oxygen atoms in total. The van der Waals surface area contributed by atoms with Gasteiger partial charge in [0.1, 0.15) is 22.9 Å². The van der Waals surface area contributed by atoms with Crippen molar-refractivity contribution in [1.82, 2.24) is 14.5 Å². The first kappa shape index (κ1) is 27.7. The molecule has 0 spiro atoms. The van der Waals surface area contributed by atoms with Crippen LogP contribution in [-0.4, -0.2) is 47.1 Å². The Morgan fingerprint density at radius 1 is 1.05 bits per heavy atom. The summed E-state index contributed by atoms with van der Waals surface area (Å²) in [5.74, 6) is 2.55. The molecule has 4 heterocycles. The van der Waals surface area contributed by atoms with Crippen LogP contribution in [0.2, 0.25) is 0 Å². The molecule has 5 aromatic rings. The minimum Gasteiger partial charge on any atom is -0.492 e. The van der Waals surface area contributed by atoms with Crippen molar-refractivity contribution in [2.75, 3.05) is 31.6 Å². The van der Waals surface area contributed by atoms with Gasteiger partial charge in [0.25, 0.3) is 0 Å². The van der Waals surface area contributed by atoms with Gasteiger partial charge in [-0.2, -0.15) is 0 Å². The second kappa shape index (κ2) is 12.1. The van der Waals surface area contributed by atoms with Gasteiger partial charge in [0.15, 0.2) is 5.82 Å². The minimum absolute atomic E-state index is 0.0648. The van der Waals surface area contributed by atoms with Gasteiger partial charge in [-0.05, 0) is 67.9 Å². The van der Waals surface area contributed by atoms with Crippen LogP contribution in [0, 0.1) is 0 Å². The van der Waals surface area contributed by atoms with Crippen molar-refractivity contribution >= 4 is 44.3 Å². The Hall–Kier alpha value is -3.82. The molecule has 3 aromatic heterocycles. The van der Waals surface area contributed by atoms with E-state index < -0.39 is 0 Å². The Morgan fingerprint density at radius 3 is 2.50 bits per heavy atom. The third-order valence-corrected chi connectivity index (χ3v) is 8.13. The van der Waals surface area contributed by atoms with E-state index in [2.05, 4.69) is 101 Å².